The lowest BCUT2D eigenvalue weighted by Crippen LogP contribution is -2.36. The first-order chi connectivity index (χ1) is 18.4. The Morgan fingerprint density at radius 2 is 1.50 bits per heavy atom. The van der Waals surface area contributed by atoms with Gasteiger partial charge in [0.25, 0.3) is 0 Å². The number of rotatable bonds is 10. The number of carbonyl (C=O) groups is 2. The number of phenols is 1. The van der Waals surface area contributed by atoms with Crippen molar-refractivity contribution in [2.45, 2.75) is 77.7 Å². The average molecular weight is 514 g/mol. The molecule has 1 fully saturated rings. The summed E-state index contributed by atoms with van der Waals surface area (Å²) in [5.41, 5.74) is 5.20. The quantitative estimate of drug-likeness (QED) is 0.291. The summed E-state index contributed by atoms with van der Waals surface area (Å²) in [7, 11) is 0. The van der Waals surface area contributed by atoms with E-state index in [1.807, 2.05) is 0 Å². The SMILES string of the molecule is CCCCc1ccc(C(C)c2ccc(CN(C(=O)C3CCCCC3)c3ccc(C(=O)O)c(O)c3)cc2)cc1. The Hall–Kier alpha value is -3.60. The third-order valence-electron chi connectivity index (χ3n) is 7.86. The van der Waals surface area contributed by atoms with Gasteiger partial charge in [-0.1, -0.05) is 88.1 Å². The van der Waals surface area contributed by atoms with Gasteiger partial charge in [-0.15, -0.1) is 0 Å². The molecule has 5 nitrogen and oxygen atoms in total. The molecule has 3 aromatic rings. The first-order valence-corrected chi connectivity index (χ1v) is 13.9. The molecule has 38 heavy (non-hydrogen) atoms. The number of carboxylic acid groups (broad SMARTS) is 1. The molecular formula is C33H39NO4. The Kier molecular flexibility index (Phi) is 9.22. The van der Waals surface area contributed by atoms with Crippen molar-refractivity contribution in [1.82, 2.24) is 0 Å². The van der Waals surface area contributed by atoms with E-state index in [0.29, 0.717) is 12.2 Å². The highest BCUT2D eigenvalue weighted by Crippen LogP contribution is 2.32. The Balaban J connectivity index is 1.53. The molecule has 3 aromatic carbocycles. The predicted molar refractivity (Wildman–Crippen MR) is 152 cm³/mol. The first kappa shape index (κ1) is 27.4. The van der Waals surface area contributed by atoms with E-state index in [1.165, 1.54) is 41.7 Å². The maximum absolute atomic E-state index is 13.6. The normalized spacial score (nSPS) is 14.7. The Labute approximate surface area is 226 Å². The van der Waals surface area contributed by atoms with Crippen LogP contribution in [0.1, 0.15) is 97.3 Å². The molecule has 1 aliphatic rings. The van der Waals surface area contributed by atoms with Gasteiger partial charge in [0.1, 0.15) is 11.3 Å². The largest absolute Gasteiger partial charge is 0.507 e. The average Bonchev–Trinajstić information content (AvgIpc) is 2.95. The fourth-order valence-corrected chi connectivity index (χ4v) is 5.38. The molecule has 1 unspecified atom stereocenters. The molecule has 0 heterocycles. The third kappa shape index (κ3) is 6.63. The van der Waals surface area contributed by atoms with Gasteiger partial charge < -0.3 is 15.1 Å². The van der Waals surface area contributed by atoms with Gasteiger partial charge >= 0.3 is 5.97 Å². The maximum Gasteiger partial charge on any atom is 0.339 e. The van der Waals surface area contributed by atoms with Crippen LogP contribution in [-0.2, 0) is 17.8 Å². The lowest BCUT2D eigenvalue weighted by molar-refractivity contribution is -0.123. The van der Waals surface area contributed by atoms with E-state index < -0.39 is 5.97 Å². The predicted octanol–water partition coefficient (Wildman–Crippen LogP) is 7.70. The minimum absolute atomic E-state index is 0.0350. The zero-order valence-corrected chi connectivity index (χ0v) is 22.5. The zero-order chi connectivity index (χ0) is 27.1. The van der Waals surface area contributed by atoms with Crippen LogP contribution < -0.4 is 4.90 Å². The molecular weight excluding hydrogens is 474 g/mol. The molecule has 200 valence electrons. The lowest BCUT2D eigenvalue weighted by atomic mass is 9.88. The number of carboxylic acids is 1. The van der Waals surface area contributed by atoms with Crippen LogP contribution in [-0.4, -0.2) is 22.1 Å². The number of carbonyl (C=O) groups excluding carboxylic acids is 1. The van der Waals surface area contributed by atoms with Gasteiger partial charge in [-0.25, -0.2) is 4.79 Å². The van der Waals surface area contributed by atoms with E-state index in [2.05, 4.69) is 62.4 Å². The molecule has 1 saturated carbocycles. The Bertz CT molecular complexity index is 1230. The highest BCUT2D eigenvalue weighted by Gasteiger charge is 2.28. The molecule has 0 aliphatic heterocycles. The lowest BCUT2D eigenvalue weighted by Gasteiger charge is -2.30. The molecule has 0 bridgehead atoms. The van der Waals surface area contributed by atoms with Gasteiger partial charge in [0.05, 0.1) is 6.54 Å². The van der Waals surface area contributed by atoms with Crippen LogP contribution in [0.15, 0.2) is 66.7 Å². The number of hydrogen-bond donors (Lipinski definition) is 2. The molecule has 1 aliphatic carbocycles. The molecule has 0 aromatic heterocycles. The van der Waals surface area contributed by atoms with Gasteiger partial charge in [-0.3, -0.25) is 4.79 Å². The maximum atomic E-state index is 13.6. The minimum atomic E-state index is -1.19. The fourth-order valence-electron chi connectivity index (χ4n) is 5.38. The van der Waals surface area contributed by atoms with Crippen molar-refractivity contribution in [3.63, 3.8) is 0 Å². The molecule has 2 N–H and O–H groups in total. The second-order valence-corrected chi connectivity index (χ2v) is 10.6. The van der Waals surface area contributed by atoms with E-state index in [4.69, 9.17) is 0 Å². The summed E-state index contributed by atoms with van der Waals surface area (Å²) in [5.74, 6) is -1.29. The number of unbranched alkanes of at least 4 members (excludes halogenated alkanes) is 1. The molecule has 5 heteroatoms. The van der Waals surface area contributed by atoms with Crippen molar-refractivity contribution in [3.05, 3.63) is 94.5 Å². The zero-order valence-electron chi connectivity index (χ0n) is 22.5. The highest BCUT2D eigenvalue weighted by molar-refractivity contribution is 5.97. The molecule has 1 atom stereocenters. The minimum Gasteiger partial charge on any atom is -0.507 e. The van der Waals surface area contributed by atoms with Gasteiger partial charge in [0, 0.05) is 23.6 Å². The number of benzene rings is 3. The number of anilines is 1. The second kappa shape index (κ2) is 12.8. The van der Waals surface area contributed by atoms with Crippen LogP contribution >= 0.6 is 0 Å². The topological polar surface area (TPSA) is 77.8 Å². The summed E-state index contributed by atoms with van der Waals surface area (Å²) in [6.45, 7) is 4.79. The Morgan fingerprint density at radius 1 is 0.895 bits per heavy atom. The molecule has 1 amide bonds. The fraction of sp³-hybridized carbons (Fsp3) is 0.394. The summed E-state index contributed by atoms with van der Waals surface area (Å²) >= 11 is 0. The van der Waals surface area contributed by atoms with Crippen LogP contribution in [0, 0.1) is 5.92 Å². The molecule has 0 spiro atoms. The van der Waals surface area contributed by atoms with Crippen LogP contribution in [0.4, 0.5) is 5.69 Å². The summed E-state index contributed by atoms with van der Waals surface area (Å²) in [5, 5.41) is 19.6. The van der Waals surface area contributed by atoms with Crippen LogP contribution in [0.3, 0.4) is 0 Å². The number of amides is 1. The third-order valence-corrected chi connectivity index (χ3v) is 7.86. The van der Waals surface area contributed by atoms with E-state index >= 15 is 0 Å². The first-order valence-electron chi connectivity index (χ1n) is 13.9. The molecule has 0 saturated heterocycles. The number of aryl methyl sites for hydroxylation is 1. The number of aromatic carboxylic acids is 1. The standard InChI is InChI=1S/C33H39NO4/c1-3-4-8-24-11-15-26(16-12-24)23(2)27-17-13-25(14-18-27)22-34(32(36)28-9-6-5-7-10-28)29-19-20-30(33(37)38)31(35)21-29/h11-21,23,28,35H,3-10,22H2,1-2H3,(H,37,38). The molecule has 0 radical (unpaired) electrons. The van der Waals surface area contributed by atoms with E-state index in [9.17, 15) is 19.8 Å². The van der Waals surface area contributed by atoms with E-state index in [-0.39, 0.29) is 29.1 Å². The Morgan fingerprint density at radius 3 is 2.05 bits per heavy atom. The van der Waals surface area contributed by atoms with Crippen molar-refractivity contribution in [3.8, 4) is 5.75 Å². The summed E-state index contributed by atoms with van der Waals surface area (Å²) in [6.07, 6.45) is 8.48. The van der Waals surface area contributed by atoms with Crippen LogP contribution in [0.25, 0.3) is 0 Å². The van der Waals surface area contributed by atoms with Crippen molar-refractivity contribution in [1.29, 1.82) is 0 Å². The number of aromatic hydroxyl groups is 1. The summed E-state index contributed by atoms with van der Waals surface area (Å²) in [6, 6.07) is 21.7. The van der Waals surface area contributed by atoms with Crippen LogP contribution in [0.2, 0.25) is 0 Å². The van der Waals surface area contributed by atoms with Gasteiger partial charge in [0.2, 0.25) is 5.91 Å². The highest BCUT2D eigenvalue weighted by atomic mass is 16.4. The van der Waals surface area contributed by atoms with E-state index in [1.54, 1.807) is 11.0 Å². The van der Waals surface area contributed by atoms with Crippen molar-refractivity contribution < 1.29 is 19.8 Å². The smallest absolute Gasteiger partial charge is 0.339 e. The summed E-state index contributed by atoms with van der Waals surface area (Å²) < 4.78 is 0. The van der Waals surface area contributed by atoms with Gasteiger partial charge in [-0.2, -0.15) is 0 Å². The number of nitrogens with zero attached hydrogens (tertiary/aromatic N) is 1. The van der Waals surface area contributed by atoms with Gasteiger partial charge in [0.15, 0.2) is 0 Å². The summed E-state index contributed by atoms with van der Waals surface area (Å²) in [4.78, 5) is 26.7. The van der Waals surface area contributed by atoms with E-state index in [0.717, 1.165) is 44.1 Å². The monoisotopic (exact) mass is 513 g/mol. The second-order valence-electron chi connectivity index (χ2n) is 10.6. The number of hydrogen-bond acceptors (Lipinski definition) is 3. The van der Waals surface area contributed by atoms with Crippen molar-refractivity contribution in [2.75, 3.05) is 4.90 Å². The van der Waals surface area contributed by atoms with Crippen LogP contribution in [0.5, 0.6) is 5.75 Å². The van der Waals surface area contributed by atoms with Gasteiger partial charge in [-0.05, 0) is 60.1 Å². The van der Waals surface area contributed by atoms with Crippen molar-refractivity contribution in [2.24, 2.45) is 5.92 Å². The molecule has 4 rings (SSSR count). The van der Waals surface area contributed by atoms with Crippen molar-refractivity contribution >= 4 is 17.6 Å².